The Morgan fingerprint density at radius 2 is 1.50 bits per heavy atom. The van der Waals surface area contributed by atoms with Crippen LogP contribution < -0.4 is 4.74 Å². The van der Waals surface area contributed by atoms with Gasteiger partial charge in [0.15, 0.2) is 6.61 Å². The Bertz CT molecular complexity index is 1040. The molecule has 30 heavy (non-hydrogen) atoms. The number of halogens is 3. The summed E-state index contributed by atoms with van der Waals surface area (Å²) in [7, 11) is 0. The number of ether oxygens (including phenoxy) is 1. The molecule has 0 aliphatic heterocycles. The topological polar surface area (TPSA) is 46.5 Å². The van der Waals surface area contributed by atoms with Crippen LogP contribution in [0, 0.1) is 10.7 Å². The molecule has 0 radical (unpaired) electrons. The summed E-state index contributed by atoms with van der Waals surface area (Å²) in [5.41, 5.74) is 3.69. The number of thioether (sulfide) groups is 1. The van der Waals surface area contributed by atoms with Crippen LogP contribution in [0.4, 0.5) is 0 Å². The van der Waals surface area contributed by atoms with Crippen molar-refractivity contribution in [2.75, 3.05) is 12.4 Å². The standard InChI is InChI=1S/C23H17I3O3S/c24-19-7-3-1-5-17(19)16(18-6-2-4-8-20(18)25)11-12-30-22-10-9-15(13-21(22)26)29-14-23(27)28/h1-11,13H,12,14H2,(H,27,28). The molecule has 0 spiro atoms. The zero-order chi connectivity index (χ0) is 21.5. The minimum atomic E-state index is -0.979. The molecule has 0 saturated carbocycles. The van der Waals surface area contributed by atoms with Crippen LogP contribution in [0.3, 0.4) is 0 Å². The fraction of sp³-hybridized carbons (Fsp3) is 0.0870. The molecule has 3 rings (SSSR count). The van der Waals surface area contributed by atoms with Crippen molar-refractivity contribution < 1.29 is 14.6 Å². The van der Waals surface area contributed by atoms with Gasteiger partial charge in [-0.3, -0.25) is 0 Å². The van der Waals surface area contributed by atoms with Crippen molar-refractivity contribution in [3.63, 3.8) is 0 Å². The summed E-state index contributed by atoms with van der Waals surface area (Å²) < 4.78 is 8.75. The first-order chi connectivity index (χ1) is 14.5. The minimum Gasteiger partial charge on any atom is -0.482 e. The zero-order valence-corrected chi connectivity index (χ0v) is 22.9. The van der Waals surface area contributed by atoms with E-state index in [2.05, 4.69) is 122 Å². The van der Waals surface area contributed by atoms with Crippen molar-refractivity contribution in [1.29, 1.82) is 0 Å². The number of hydrogen-bond donors (Lipinski definition) is 1. The van der Waals surface area contributed by atoms with Crippen LogP contribution in [-0.2, 0) is 4.79 Å². The zero-order valence-electron chi connectivity index (χ0n) is 15.6. The first kappa shape index (κ1) is 23.9. The van der Waals surface area contributed by atoms with Crippen LogP contribution in [0.15, 0.2) is 77.7 Å². The summed E-state index contributed by atoms with van der Waals surface area (Å²) >= 11 is 8.79. The molecule has 0 aliphatic carbocycles. The van der Waals surface area contributed by atoms with E-state index in [1.54, 1.807) is 11.8 Å². The van der Waals surface area contributed by atoms with Crippen molar-refractivity contribution >= 4 is 91.1 Å². The van der Waals surface area contributed by atoms with Gasteiger partial charge >= 0.3 is 5.97 Å². The van der Waals surface area contributed by atoms with Crippen LogP contribution in [0.25, 0.3) is 5.57 Å². The molecular formula is C23H17I3O3S. The van der Waals surface area contributed by atoms with E-state index < -0.39 is 5.97 Å². The van der Waals surface area contributed by atoms with Crippen LogP contribution in [0.5, 0.6) is 5.75 Å². The van der Waals surface area contributed by atoms with E-state index in [9.17, 15) is 4.79 Å². The molecule has 0 atom stereocenters. The molecule has 154 valence electrons. The normalized spacial score (nSPS) is 10.5. The number of carboxylic acid groups (broad SMARTS) is 1. The van der Waals surface area contributed by atoms with E-state index in [-0.39, 0.29) is 6.61 Å². The van der Waals surface area contributed by atoms with Gasteiger partial charge in [-0.2, -0.15) is 0 Å². The van der Waals surface area contributed by atoms with Crippen LogP contribution >= 0.6 is 79.5 Å². The maximum atomic E-state index is 10.7. The van der Waals surface area contributed by atoms with Gasteiger partial charge in [0.2, 0.25) is 0 Å². The Labute approximate surface area is 221 Å². The molecule has 0 bridgehead atoms. The molecule has 0 amide bonds. The Kier molecular flexibility index (Phi) is 9.33. The second kappa shape index (κ2) is 11.7. The van der Waals surface area contributed by atoms with Crippen LogP contribution in [0.2, 0.25) is 0 Å². The second-order valence-electron chi connectivity index (χ2n) is 6.16. The quantitative estimate of drug-likeness (QED) is 0.196. The largest absolute Gasteiger partial charge is 0.482 e. The molecule has 3 nitrogen and oxygen atoms in total. The summed E-state index contributed by atoms with van der Waals surface area (Å²) in [5.74, 6) is 0.406. The third kappa shape index (κ3) is 6.60. The molecule has 3 aromatic carbocycles. The molecule has 0 aliphatic rings. The van der Waals surface area contributed by atoms with E-state index in [1.165, 1.54) is 23.8 Å². The van der Waals surface area contributed by atoms with Crippen molar-refractivity contribution in [1.82, 2.24) is 0 Å². The fourth-order valence-electron chi connectivity index (χ4n) is 2.77. The summed E-state index contributed by atoms with van der Waals surface area (Å²) in [4.78, 5) is 11.8. The third-order valence-electron chi connectivity index (χ3n) is 4.12. The Morgan fingerprint density at radius 1 is 0.900 bits per heavy atom. The average molecular weight is 754 g/mol. The minimum absolute atomic E-state index is 0.333. The number of carbonyl (C=O) groups is 1. The van der Waals surface area contributed by atoms with Crippen molar-refractivity contribution in [3.05, 3.63) is 94.6 Å². The highest BCUT2D eigenvalue weighted by molar-refractivity contribution is 14.1. The first-order valence-corrected chi connectivity index (χ1v) is 13.1. The lowest BCUT2D eigenvalue weighted by Crippen LogP contribution is -2.09. The predicted molar refractivity (Wildman–Crippen MR) is 148 cm³/mol. The average Bonchev–Trinajstić information content (AvgIpc) is 2.72. The molecular weight excluding hydrogens is 737 g/mol. The highest BCUT2D eigenvalue weighted by atomic mass is 127. The van der Waals surface area contributed by atoms with Gasteiger partial charge < -0.3 is 9.84 Å². The summed E-state index contributed by atoms with van der Waals surface area (Å²) in [6.07, 6.45) is 2.28. The molecule has 0 unspecified atom stereocenters. The summed E-state index contributed by atoms with van der Waals surface area (Å²) in [6, 6.07) is 22.5. The molecule has 3 aromatic rings. The molecule has 0 heterocycles. The molecule has 0 fully saturated rings. The first-order valence-electron chi connectivity index (χ1n) is 8.92. The van der Waals surface area contributed by atoms with Crippen molar-refractivity contribution in [3.8, 4) is 5.75 Å². The van der Waals surface area contributed by atoms with Gasteiger partial charge in [0.1, 0.15) is 5.75 Å². The number of hydrogen-bond acceptors (Lipinski definition) is 3. The maximum Gasteiger partial charge on any atom is 0.341 e. The summed E-state index contributed by atoms with van der Waals surface area (Å²) in [5, 5.41) is 8.76. The molecule has 1 N–H and O–H groups in total. The van der Waals surface area contributed by atoms with E-state index in [0.29, 0.717) is 5.75 Å². The van der Waals surface area contributed by atoms with Crippen LogP contribution in [-0.4, -0.2) is 23.4 Å². The lowest BCUT2D eigenvalue weighted by molar-refractivity contribution is -0.139. The van der Waals surface area contributed by atoms with Gasteiger partial charge in [-0.05, 0) is 115 Å². The number of rotatable bonds is 8. The predicted octanol–water partition coefficient (Wildman–Crippen LogP) is 7.19. The van der Waals surface area contributed by atoms with Gasteiger partial charge in [0.05, 0.1) is 0 Å². The Morgan fingerprint density at radius 3 is 2.03 bits per heavy atom. The van der Waals surface area contributed by atoms with Gasteiger partial charge in [-0.1, -0.05) is 42.5 Å². The number of benzene rings is 3. The van der Waals surface area contributed by atoms with Crippen LogP contribution in [0.1, 0.15) is 11.1 Å². The van der Waals surface area contributed by atoms with Gasteiger partial charge in [0, 0.05) is 21.4 Å². The highest BCUT2D eigenvalue weighted by Gasteiger charge is 2.11. The maximum absolute atomic E-state index is 10.7. The Hall–Kier alpha value is -0.790. The smallest absolute Gasteiger partial charge is 0.341 e. The van der Waals surface area contributed by atoms with Crippen molar-refractivity contribution in [2.45, 2.75) is 4.90 Å². The van der Waals surface area contributed by atoms with E-state index in [4.69, 9.17) is 9.84 Å². The van der Waals surface area contributed by atoms with Gasteiger partial charge in [-0.15, -0.1) is 11.8 Å². The summed E-state index contributed by atoms with van der Waals surface area (Å²) in [6.45, 7) is -0.333. The number of aliphatic carboxylic acids is 1. The van der Waals surface area contributed by atoms with Gasteiger partial charge in [0.25, 0.3) is 0 Å². The van der Waals surface area contributed by atoms with Gasteiger partial charge in [-0.25, -0.2) is 4.79 Å². The van der Waals surface area contributed by atoms with Crippen molar-refractivity contribution in [2.24, 2.45) is 0 Å². The third-order valence-corrected chi connectivity index (χ3v) is 8.26. The second-order valence-corrected chi connectivity index (χ2v) is 10.7. The van der Waals surface area contributed by atoms with E-state index >= 15 is 0 Å². The molecule has 7 heteroatoms. The monoisotopic (exact) mass is 754 g/mol. The SMILES string of the molecule is O=C(O)COc1ccc(SCC=C(c2ccccc2I)c2ccccc2I)c(I)c1. The molecule has 0 aromatic heterocycles. The van der Waals surface area contributed by atoms with E-state index in [1.807, 2.05) is 18.2 Å². The highest BCUT2D eigenvalue weighted by Crippen LogP contribution is 2.33. The van der Waals surface area contributed by atoms with E-state index in [0.717, 1.165) is 14.2 Å². The molecule has 0 saturated heterocycles. The Balaban J connectivity index is 1.83. The lowest BCUT2D eigenvalue weighted by atomic mass is 9.98. The fourth-order valence-corrected chi connectivity index (χ4v) is 5.87. The lowest BCUT2D eigenvalue weighted by Gasteiger charge is -2.13. The number of carboxylic acids is 1.